The van der Waals surface area contributed by atoms with Crippen LogP contribution in [0.2, 0.25) is 0 Å². The van der Waals surface area contributed by atoms with Gasteiger partial charge in [0.25, 0.3) is 0 Å². The minimum Gasteiger partial charge on any atom is -0.482 e. The second kappa shape index (κ2) is 9.35. The summed E-state index contributed by atoms with van der Waals surface area (Å²) in [6.45, 7) is 7.58. The van der Waals surface area contributed by atoms with Gasteiger partial charge in [0.05, 0.1) is 28.7 Å². The number of nitrogens with two attached hydrogens (primary N) is 1. The zero-order chi connectivity index (χ0) is 23.7. The van der Waals surface area contributed by atoms with Crippen LogP contribution in [0.3, 0.4) is 0 Å². The Morgan fingerprint density at radius 2 is 1.94 bits per heavy atom. The molecule has 1 aliphatic rings. The number of thiazole rings is 1. The van der Waals surface area contributed by atoms with Crippen LogP contribution in [0.1, 0.15) is 24.3 Å². The van der Waals surface area contributed by atoms with Crippen molar-refractivity contribution in [1.82, 2.24) is 30.3 Å². The Bertz CT molecular complexity index is 1290. The van der Waals surface area contributed by atoms with Gasteiger partial charge in [-0.05, 0) is 38.1 Å². The minimum absolute atomic E-state index is 0.260. The summed E-state index contributed by atoms with van der Waals surface area (Å²) in [6, 6.07) is 6.28. The number of nitrogens with one attached hydrogen (secondary N) is 1. The number of nitrogen functional groups attached to an aromatic ring is 1. The number of benzene rings is 1. The normalized spacial score (nSPS) is 14.9. The number of ether oxygens (including phenoxy) is 1. The maximum absolute atomic E-state index is 14.1. The smallest absolute Gasteiger partial charge is 0.186 e. The molecule has 1 atom stereocenters. The number of pyridine rings is 1. The van der Waals surface area contributed by atoms with Gasteiger partial charge in [-0.3, -0.25) is 0 Å². The number of halogens is 1. The summed E-state index contributed by atoms with van der Waals surface area (Å²) >= 11 is 1.63. The zero-order valence-corrected chi connectivity index (χ0v) is 19.7. The van der Waals surface area contributed by atoms with E-state index >= 15 is 0 Å². The quantitative estimate of drug-likeness (QED) is 0.433. The molecule has 11 heteroatoms. The first-order valence-corrected chi connectivity index (χ1v) is 11.8. The fourth-order valence-corrected chi connectivity index (χ4v) is 5.04. The highest BCUT2D eigenvalue weighted by Crippen LogP contribution is 2.38. The molecule has 0 spiro atoms. The van der Waals surface area contributed by atoms with Crippen LogP contribution in [-0.4, -0.2) is 51.1 Å². The molecule has 1 aliphatic heterocycles. The lowest BCUT2D eigenvalue weighted by atomic mass is 10.1. The van der Waals surface area contributed by atoms with Crippen molar-refractivity contribution in [2.24, 2.45) is 0 Å². The first kappa shape index (κ1) is 22.2. The molecule has 0 aliphatic carbocycles. The highest BCUT2D eigenvalue weighted by molar-refractivity contribution is 7.19. The number of rotatable bonds is 6. The first-order chi connectivity index (χ1) is 16.5. The average Bonchev–Trinajstić information content (AvgIpc) is 3.51. The molecule has 176 valence electrons. The zero-order valence-electron chi connectivity index (χ0n) is 18.9. The number of hydrogen-bond donors (Lipinski definition) is 2. The largest absolute Gasteiger partial charge is 0.482 e. The number of piperazine rings is 1. The molecular formula is C23H25FN8OS. The number of aromatic nitrogens is 5. The maximum atomic E-state index is 14.1. The van der Waals surface area contributed by atoms with Gasteiger partial charge in [0.15, 0.2) is 16.7 Å². The minimum atomic E-state index is -0.532. The molecule has 0 unspecified atom stereocenters. The lowest BCUT2D eigenvalue weighted by Crippen LogP contribution is -2.43. The van der Waals surface area contributed by atoms with Crippen molar-refractivity contribution in [3.8, 4) is 21.9 Å². The van der Waals surface area contributed by atoms with E-state index in [-0.39, 0.29) is 11.6 Å². The van der Waals surface area contributed by atoms with Crippen molar-refractivity contribution in [1.29, 1.82) is 0 Å². The van der Waals surface area contributed by atoms with Crippen LogP contribution in [0.25, 0.3) is 16.1 Å². The molecule has 0 saturated carbocycles. The van der Waals surface area contributed by atoms with Gasteiger partial charge in [-0.2, -0.15) is 15.0 Å². The van der Waals surface area contributed by atoms with Gasteiger partial charge in [-0.15, -0.1) is 0 Å². The van der Waals surface area contributed by atoms with E-state index in [4.69, 9.17) is 15.5 Å². The van der Waals surface area contributed by atoms with Crippen LogP contribution in [0.4, 0.5) is 15.3 Å². The van der Waals surface area contributed by atoms with Crippen molar-refractivity contribution in [2.75, 3.05) is 36.8 Å². The molecule has 1 saturated heterocycles. The molecule has 4 aromatic rings. The second-order valence-electron chi connectivity index (χ2n) is 8.04. The summed E-state index contributed by atoms with van der Waals surface area (Å²) in [6.07, 6.45) is 4.33. The van der Waals surface area contributed by atoms with Crippen LogP contribution in [0.15, 0.2) is 42.9 Å². The molecule has 0 radical (unpaired) electrons. The van der Waals surface area contributed by atoms with Crippen LogP contribution in [0.5, 0.6) is 5.75 Å². The van der Waals surface area contributed by atoms with E-state index < -0.39 is 6.10 Å². The van der Waals surface area contributed by atoms with Gasteiger partial charge in [0.1, 0.15) is 11.9 Å². The molecule has 5 rings (SSSR count). The van der Waals surface area contributed by atoms with E-state index in [1.807, 2.05) is 19.9 Å². The Morgan fingerprint density at radius 1 is 1.18 bits per heavy atom. The lowest BCUT2D eigenvalue weighted by molar-refractivity contribution is 0.226. The van der Waals surface area contributed by atoms with Crippen molar-refractivity contribution >= 4 is 22.3 Å². The summed E-state index contributed by atoms with van der Waals surface area (Å²) in [5, 5.41) is 12.7. The second-order valence-corrected chi connectivity index (χ2v) is 9.01. The molecular weight excluding hydrogens is 455 g/mol. The fourth-order valence-electron chi connectivity index (χ4n) is 3.94. The number of hydrogen-bond acceptors (Lipinski definition) is 9. The molecule has 3 N–H and O–H groups in total. The Morgan fingerprint density at radius 3 is 2.71 bits per heavy atom. The Kier molecular flexibility index (Phi) is 6.12. The molecule has 1 aromatic carbocycles. The molecule has 0 bridgehead atoms. The summed E-state index contributed by atoms with van der Waals surface area (Å²) in [5.41, 5.74) is 9.18. The van der Waals surface area contributed by atoms with E-state index in [0.717, 1.165) is 47.4 Å². The number of aryl methyl sites for hydroxylation is 1. The highest BCUT2D eigenvalue weighted by Gasteiger charge is 2.20. The predicted molar refractivity (Wildman–Crippen MR) is 130 cm³/mol. The molecule has 9 nitrogen and oxygen atoms in total. The van der Waals surface area contributed by atoms with Gasteiger partial charge in [-0.25, -0.2) is 14.4 Å². The standard InChI is InChI=1S/C23H25FN8OS/c1-14-21(34-23(30-14)31-9-7-26-8-10-31)16-11-20(22(25)27-13-16)33-15(2)18-12-17(24)3-4-19(18)32-28-5-6-29-32/h3-6,11-13,15,26H,7-10H2,1-2H3,(H2,25,27)/t15-/m1/s1. The van der Waals surface area contributed by atoms with Crippen molar-refractivity contribution in [3.05, 3.63) is 59.9 Å². The van der Waals surface area contributed by atoms with E-state index in [1.165, 1.54) is 16.9 Å². The van der Waals surface area contributed by atoms with Gasteiger partial charge in [-0.1, -0.05) is 11.3 Å². The van der Waals surface area contributed by atoms with Crippen molar-refractivity contribution < 1.29 is 9.13 Å². The van der Waals surface area contributed by atoms with Gasteiger partial charge in [0.2, 0.25) is 0 Å². The SMILES string of the molecule is Cc1nc(N2CCNCC2)sc1-c1cnc(N)c(O[C@H](C)c2cc(F)ccc2-n2nccn2)c1. The van der Waals surface area contributed by atoms with Gasteiger partial charge < -0.3 is 20.7 Å². The average molecular weight is 481 g/mol. The van der Waals surface area contributed by atoms with Crippen molar-refractivity contribution in [2.45, 2.75) is 20.0 Å². The number of nitrogens with zero attached hydrogens (tertiary/aromatic N) is 6. The fraction of sp³-hybridized carbons (Fsp3) is 0.304. The lowest BCUT2D eigenvalue weighted by Gasteiger charge is -2.26. The number of anilines is 2. The molecule has 4 heterocycles. The van der Waals surface area contributed by atoms with Crippen LogP contribution in [-0.2, 0) is 0 Å². The third-order valence-corrected chi connectivity index (χ3v) is 6.95. The highest BCUT2D eigenvalue weighted by atomic mass is 32.1. The van der Waals surface area contributed by atoms with E-state index in [9.17, 15) is 4.39 Å². The topological polar surface area (TPSA) is 107 Å². The third kappa shape index (κ3) is 4.44. The van der Waals surface area contributed by atoms with Crippen LogP contribution >= 0.6 is 11.3 Å². The Labute approximate surface area is 200 Å². The molecule has 34 heavy (non-hydrogen) atoms. The van der Waals surface area contributed by atoms with Gasteiger partial charge in [0, 0.05) is 43.5 Å². The van der Waals surface area contributed by atoms with E-state index in [0.29, 0.717) is 17.0 Å². The summed E-state index contributed by atoms with van der Waals surface area (Å²) in [7, 11) is 0. The van der Waals surface area contributed by atoms with Crippen LogP contribution in [0, 0.1) is 12.7 Å². The summed E-state index contributed by atoms with van der Waals surface area (Å²) < 4.78 is 20.3. The molecule has 1 fully saturated rings. The predicted octanol–water partition coefficient (Wildman–Crippen LogP) is 3.37. The van der Waals surface area contributed by atoms with Gasteiger partial charge >= 0.3 is 0 Å². The summed E-state index contributed by atoms with van der Waals surface area (Å²) in [5.74, 6) is 0.308. The monoisotopic (exact) mass is 480 g/mol. The summed E-state index contributed by atoms with van der Waals surface area (Å²) in [4.78, 5) is 13.9. The van der Waals surface area contributed by atoms with E-state index in [1.54, 1.807) is 36.0 Å². The third-order valence-electron chi connectivity index (χ3n) is 5.68. The Balaban J connectivity index is 1.44. The van der Waals surface area contributed by atoms with Crippen LogP contribution < -0.4 is 20.7 Å². The Hall–Kier alpha value is -3.57. The molecule has 3 aromatic heterocycles. The maximum Gasteiger partial charge on any atom is 0.186 e. The van der Waals surface area contributed by atoms with Crippen molar-refractivity contribution in [3.63, 3.8) is 0 Å². The first-order valence-electron chi connectivity index (χ1n) is 11.0. The van der Waals surface area contributed by atoms with E-state index in [2.05, 4.69) is 25.4 Å². The molecule has 0 amide bonds.